The highest BCUT2D eigenvalue weighted by atomic mass is 31.2. The molecule has 0 bridgehead atoms. The topological polar surface area (TPSA) is 174 Å². The number of nitrogens with two attached hydrogens (primary N) is 1. The Hall–Kier alpha value is -1.69. The number of nitrogens with one attached hydrogen (secondary N) is 1. The van der Waals surface area contributed by atoms with Gasteiger partial charge in [-0.25, -0.2) is 4.57 Å². The van der Waals surface area contributed by atoms with Gasteiger partial charge in [-0.05, 0) is 0 Å². The van der Waals surface area contributed by atoms with Gasteiger partial charge in [0.2, 0.25) is 5.95 Å². The van der Waals surface area contributed by atoms with Crippen LogP contribution >= 0.6 is 7.82 Å². The lowest BCUT2D eigenvalue weighted by Gasteiger charge is -2.25. The molecule has 3 unspecified atom stereocenters. The van der Waals surface area contributed by atoms with Crippen molar-refractivity contribution < 1.29 is 28.7 Å². The van der Waals surface area contributed by atoms with Crippen LogP contribution in [0.2, 0.25) is 0 Å². The van der Waals surface area contributed by atoms with E-state index in [-0.39, 0.29) is 19.0 Å². The van der Waals surface area contributed by atoms with E-state index < -0.39 is 38.4 Å². The van der Waals surface area contributed by atoms with Gasteiger partial charge in [-0.15, -0.1) is 0 Å². The number of phosphoric acid groups is 1. The van der Waals surface area contributed by atoms with Crippen LogP contribution < -0.4 is 21.1 Å². The number of aliphatic hydroxyl groups is 1. The summed E-state index contributed by atoms with van der Waals surface area (Å²) in [5.74, 6) is 0.246. The number of anilines is 3. The molecule has 1 saturated heterocycles. The lowest BCUT2D eigenvalue weighted by atomic mass is 10.2. The largest absolute Gasteiger partial charge is 0.469 e. The van der Waals surface area contributed by atoms with Gasteiger partial charge >= 0.3 is 7.82 Å². The fourth-order valence-corrected chi connectivity index (χ4v) is 3.53. The number of aliphatic hydroxyl groups excluding tert-OH is 1. The number of fused-ring (bicyclic) bond motifs is 1. The summed E-state index contributed by atoms with van der Waals surface area (Å²) >= 11 is 0. The highest BCUT2D eigenvalue weighted by Gasteiger charge is 2.44. The number of H-pyrrole nitrogens is 1. The van der Waals surface area contributed by atoms with Crippen LogP contribution in [0.25, 0.3) is 0 Å². The van der Waals surface area contributed by atoms with Gasteiger partial charge in [-0.3, -0.25) is 14.3 Å². The van der Waals surface area contributed by atoms with Gasteiger partial charge in [0, 0.05) is 13.5 Å². The lowest BCUT2D eigenvalue weighted by Crippen LogP contribution is -2.38. The first-order chi connectivity index (χ1) is 11.2. The predicted octanol–water partition coefficient (Wildman–Crippen LogP) is -1.85. The normalized spacial score (nSPS) is 26.9. The Kier molecular flexibility index (Phi) is 4.28. The van der Waals surface area contributed by atoms with Crippen LogP contribution in [0.3, 0.4) is 0 Å². The fourth-order valence-electron chi connectivity index (χ4n) is 2.95. The van der Waals surface area contributed by atoms with Gasteiger partial charge < -0.3 is 35.2 Å². The Morgan fingerprint density at radius 1 is 1.54 bits per heavy atom. The summed E-state index contributed by atoms with van der Waals surface area (Å²) in [5.41, 5.74) is 5.49. The molecule has 6 N–H and O–H groups in total. The number of aromatic nitrogens is 2. The number of phosphoric ester groups is 1. The van der Waals surface area contributed by atoms with Crippen molar-refractivity contribution in [2.24, 2.45) is 0 Å². The maximum absolute atomic E-state index is 12.0. The first-order valence-corrected chi connectivity index (χ1v) is 8.60. The molecular weight excluding hydrogens is 345 g/mol. The summed E-state index contributed by atoms with van der Waals surface area (Å²) in [6.07, 6.45) is -2.50. The molecule has 0 saturated carbocycles. The molecule has 134 valence electrons. The average molecular weight is 363 g/mol. The molecular formula is C11H18N5O7P. The summed E-state index contributed by atoms with van der Waals surface area (Å²) < 4.78 is 21.4. The smallest absolute Gasteiger partial charge is 0.394 e. The Morgan fingerprint density at radius 2 is 2.25 bits per heavy atom. The summed E-state index contributed by atoms with van der Waals surface area (Å²) in [7, 11) is -3.04. The molecule has 13 heteroatoms. The molecule has 1 fully saturated rings. The third-order valence-corrected chi connectivity index (χ3v) is 4.44. The van der Waals surface area contributed by atoms with Gasteiger partial charge in [0.25, 0.3) is 5.56 Å². The van der Waals surface area contributed by atoms with Crippen molar-refractivity contribution in [3.63, 3.8) is 0 Å². The molecule has 0 aliphatic carbocycles. The second-order valence-electron chi connectivity index (χ2n) is 5.61. The zero-order valence-corrected chi connectivity index (χ0v) is 13.6. The van der Waals surface area contributed by atoms with E-state index in [1.807, 2.05) is 0 Å². The van der Waals surface area contributed by atoms with Crippen LogP contribution in [0.1, 0.15) is 6.42 Å². The molecule has 0 aromatic carbocycles. The Balaban J connectivity index is 1.87. The molecule has 0 radical (unpaired) electrons. The molecule has 1 aromatic rings. The van der Waals surface area contributed by atoms with E-state index in [9.17, 15) is 14.5 Å². The van der Waals surface area contributed by atoms with E-state index in [1.165, 1.54) is 0 Å². The van der Waals surface area contributed by atoms with Crippen molar-refractivity contribution >= 4 is 25.3 Å². The predicted molar refractivity (Wildman–Crippen MR) is 82.3 cm³/mol. The van der Waals surface area contributed by atoms with E-state index in [0.29, 0.717) is 11.5 Å². The quantitative estimate of drug-likeness (QED) is 0.380. The van der Waals surface area contributed by atoms with Gasteiger partial charge in [0.15, 0.2) is 5.82 Å². The number of aromatic amines is 1. The molecule has 0 spiro atoms. The van der Waals surface area contributed by atoms with Crippen LogP contribution in [0.5, 0.6) is 0 Å². The molecule has 1 aromatic heterocycles. The van der Waals surface area contributed by atoms with Gasteiger partial charge in [-0.2, -0.15) is 4.98 Å². The monoisotopic (exact) mass is 363 g/mol. The molecule has 12 nitrogen and oxygen atoms in total. The molecule has 2 aliphatic rings. The number of ether oxygens (including phenoxy) is 1. The van der Waals surface area contributed by atoms with Crippen LogP contribution in [0.4, 0.5) is 17.5 Å². The van der Waals surface area contributed by atoms with Crippen molar-refractivity contribution in [3.05, 3.63) is 10.4 Å². The summed E-state index contributed by atoms with van der Waals surface area (Å²) in [6.45, 7) is -0.205. The van der Waals surface area contributed by atoms with E-state index >= 15 is 0 Å². The number of nitrogens with zero attached hydrogens (tertiary/aromatic N) is 3. The fraction of sp³-hybridized carbons (Fsp3) is 0.636. The number of rotatable bonds is 4. The lowest BCUT2D eigenvalue weighted by molar-refractivity contribution is -0.0216. The number of hydrogen-bond donors (Lipinski definition) is 5. The van der Waals surface area contributed by atoms with Gasteiger partial charge in [0.05, 0.1) is 13.3 Å². The van der Waals surface area contributed by atoms with Crippen molar-refractivity contribution in [2.75, 3.05) is 35.9 Å². The second kappa shape index (κ2) is 5.99. The summed E-state index contributed by atoms with van der Waals surface area (Å²) in [6, 6.07) is 0. The maximum atomic E-state index is 12.0. The number of nitrogen functional groups attached to an aromatic ring is 1. The minimum absolute atomic E-state index is 0.0567. The first-order valence-electron chi connectivity index (χ1n) is 7.07. The third-order valence-electron chi connectivity index (χ3n) is 3.89. The van der Waals surface area contributed by atoms with Crippen LogP contribution in [0, 0.1) is 0 Å². The van der Waals surface area contributed by atoms with Crippen molar-refractivity contribution in [1.82, 2.24) is 9.97 Å². The minimum atomic E-state index is -4.73. The van der Waals surface area contributed by atoms with Gasteiger partial charge in [0.1, 0.15) is 24.1 Å². The zero-order valence-electron chi connectivity index (χ0n) is 12.7. The third kappa shape index (κ3) is 3.11. The van der Waals surface area contributed by atoms with E-state index in [1.54, 1.807) is 16.8 Å². The van der Waals surface area contributed by atoms with E-state index in [4.69, 9.17) is 20.3 Å². The highest BCUT2D eigenvalue weighted by molar-refractivity contribution is 7.46. The molecule has 3 rings (SSSR count). The van der Waals surface area contributed by atoms with Gasteiger partial charge in [-0.1, -0.05) is 0 Å². The number of hydrogen-bond acceptors (Lipinski definition) is 9. The zero-order chi connectivity index (χ0) is 17.6. The Bertz CT molecular complexity index is 736. The molecule has 2 aliphatic heterocycles. The van der Waals surface area contributed by atoms with Crippen molar-refractivity contribution in [1.29, 1.82) is 0 Å². The minimum Gasteiger partial charge on any atom is -0.394 e. The first kappa shape index (κ1) is 17.1. The SMILES string of the molecule is CN1CN(C2CC(OP(=O)(O)O)C(CO)O2)c2nc(N)[nH]c(=O)c21. The standard InChI is InChI=1S/C11H18N5O7P/c1-15-4-16(9-8(15)10(18)14-11(12)13-9)7-2-5(6(3-17)22-7)23-24(19,20)21/h5-7,17H,2-4H2,1H3,(H2,19,20,21)(H3,12,13,14,18). The summed E-state index contributed by atoms with van der Waals surface area (Å²) in [4.78, 5) is 39.8. The molecule has 24 heavy (non-hydrogen) atoms. The van der Waals surface area contributed by atoms with Crippen molar-refractivity contribution in [2.45, 2.75) is 24.9 Å². The van der Waals surface area contributed by atoms with E-state index in [0.717, 1.165) is 0 Å². The van der Waals surface area contributed by atoms with Crippen LogP contribution in [-0.2, 0) is 13.8 Å². The summed E-state index contributed by atoms with van der Waals surface area (Å²) in [5, 5.41) is 9.35. The molecule has 0 amide bonds. The Morgan fingerprint density at radius 3 is 2.88 bits per heavy atom. The second-order valence-corrected chi connectivity index (χ2v) is 6.81. The maximum Gasteiger partial charge on any atom is 0.469 e. The molecule has 3 heterocycles. The Labute approximate surface area is 136 Å². The van der Waals surface area contributed by atoms with Crippen LogP contribution in [-0.4, -0.2) is 63.6 Å². The average Bonchev–Trinajstić information content (AvgIpc) is 2.98. The highest BCUT2D eigenvalue weighted by Crippen LogP contribution is 2.43. The van der Waals surface area contributed by atoms with Crippen LogP contribution in [0.15, 0.2) is 4.79 Å². The van der Waals surface area contributed by atoms with Crippen molar-refractivity contribution in [3.8, 4) is 0 Å². The molecule has 3 atom stereocenters. The van der Waals surface area contributed by atoms with E-state index in [2.05, 4.69) is 14.5 Å².